The van der Waals surface area contributed by atoms with Crippen LogP contribution in [0, 0.1) is 0 Å². The van der Waals surface area contributed by atoms with Crippen molar-refractivity contribution in [3.05, 3.63) is 0 Å². The molecule has 0 saturated carbocycles. The Hall–Kier alpha value is -1.06. The van der Waals surface area contributed by atoms with Crippen LogP contribution in [0.5, 0.6) is 0 Å². The van der Waals surface area contributed by atoms with Crippen molar-refractivity contribution in [1.82, 2.24) is 20.0 Å². The predicted octanol–water partition coefficient (Wildman–Crippen LogP) is 0.853. The minimum atomic E-state index is -4.14. The highest BCUT2D eigenvalue weighted by molar-refractivity contribution is 5.80. The van der Waals surface area contributed by atoms with Gasteiger partial charge in [0.2, 0.25) is 0 Å². The third kappa shape index (κ3) is 6.99. The highest BCUT2D eigenvalue weighted by Gasteiger charge is 2.30. The second-order valence-corrected chi connectivity index (χ2v) is 6.72. The molecule has 1 N–H and O–H groups in total. The van der Waals surface area contributed by atoms with Crippen molar-refractivity contribution in [1.29, 1.82) is 0 Å². The van der Waals surface area contributed by atoms with E-state index in [-0.39, 0.29) is 0 Å². The number of nitrogens with one attached hydrogen (secondary N) is 1. The second kappa shape index (κ2) is 9.59. The largest absolute Gasteiger partial charge is 0.401 e. The SMILES string of the molecule is CN=C(NCCCN(C)CC(F)(F)F)N1CCC(N2CCOCC2)C1. The van der Waals surface area contributed by atoms with E-state index < -0.39 is 12.7 Å². The summed E-state index contributed by atoms with van der Waals surface area (Å²) >= 11 is 0. The smallest absolute Gasteiger partial charge is 0.379 e. The molecule has 6 nitrogen and oxygen atoms in total. The van der Waals surface area contributed by atoms with Gasteiger partial charge >= 0.3 is 6.18 Å². The highest BCUT2D eigenvalue weighted by Crippen LogP contribution is 2.17. The van der Waals surface area contributed by atoms with E-state index in [9.17, 15) is 13.2 Å². The van der Waals surface area contributed by atoms with Crippen molar-refractivity contribution in [2.45, 2.75) is 25.1 Å². The zero-order valence-corrected chi connectivity index (χ0v) is 15.2. The van der Waals surface area contributed by atoms with Gasteiger partial charge in [-0.2, -0.15) is 13.2 Å². The second-order valence-electron chi connectivity index (χ2n) is 6.72. The number of hydrogen-bond donors (Lipinski definition) is 1. The van der Waals surface area contributed by atoms with Gasteiger partial charge < -0.3 is 15.0 Å². The van der Waals surface area contributed by atoms with Crippen LogP contribution in [0.15, 0.2) is 4.99 Å². The van der Waals surface area contributed by atoms with Crippen molar-refractivity contribution < 1.29 is 17.9 Å². The van der Waals surface area contributed by atoms with Crippen molar-refractivity contribution >= 4 is 5.96 Å². The van der Waals surface area contributed by atoms with Crippen molar-refractivity contribution in [2.75, 3.05) is 73.1 Å². The molecule has 0 aliphatic carbocycles. The fourth-order valence-electron chi connectivity index (χ4n) is 3.44. The maximum absolute atomic E-state index is 12.3. The topological polar surface area (TPSA) is 43.3 Å². The molecule has 2 saturated heterocycles. The molecule has 0 spiro atoms. The Labute approximate surface area is 148 Å². The Morgan fingerprint density at radius 3 is 2.64 bits per heavy atom. The Morgan fingerprint density at radius 2 is 2.00 bits per heavy atom. The van der Waals surface area contributed by atoms with Gasteiger partial charge in [0.1, 0.15) is 0 Å². The van der Waals surface area contributed by atoms with Gasteiger partial charge in [-0.15, -0.1) is 0 Å². The average Bonchev–Trinajstić information content (AvgIpc) is 3.04. The summed E-state index contributed by atoms with van der Waals surface area (Å²) in [5.74, 6) is 0.842. The van der Waals surface area contributed by atoms with Crippen molar-refractivity contribution in [3.63, 3.8) is 0 Å². The first-order chi connectivity index (χ1) is 11.9. The Kier molecular flexibility index (Phi) is 7.77. The quantitative estimate of drug-likeness (QED) is 0.430. The molecule has 9 heteroatoms. The number of likely N-dealkylation sites (tertiary alicyclic amines) is 1. The lowest BCUT2D eigenvalue weighted by molar-refractivity contribution is -0.143. The summed E-state index contributed by atoms with van der Waals surface area (Å²) < 4.78 is 42.3. The fraction of sp³-hybridized carbons (Fsp3) is 0.938. The van der Waals surface area contributed by atoms with Gasteiger partial charge in [-0.05, 0) is 26.4 Å². The van der Waals surface area contributed by atoms with Gasteiger partial charge in [0.25, 0.3) is 0 Å². The summed E-state index contributed by atoms with van der Waals surface area (Å²) in [5, 5.41) is 3.28. The van der Waals surface area contributed by atoms with Crippen molar-refractivity contribution in [3.8, 4) is 0 Å². The van der Waals surface area contributed by atoms with Gasteiger partial charge in [0, 0.05) is 45.8 Å². The molecule has 2 aliphatic heterocycles. The summed E-state index contributed by atoms with van der Waals surface area (Å²) in [6.07, 6.45) is -2.39. The first-order valence-electron chi connectivity index (χ1n) is 8.92. The van der Waals surface area contributed by atoms with E-state index in [1.54, 1.807) is 7.05 Å². The van der Waals surface area contributed by atoms with E-state index >= 15 is 0 Å². The molecule has 1 unspecified atom stereocenters. The molecular weight excluding hydrogens is 335 g/mol. The third-order valence-electron chi connectivity index (χ3n) is 4.69. The van der Waals surface area contributed by atoms with Crippen LogP contribution < -0.4 is 5.32 Å². The summed E-state index contributed by atoms with van der Waals surface area (Å²) in [6.45, 7) is 5.61. The molecule has 0 radical (unpaired) electrons. The first kappa shape index (κ1) is 20.3. The summed E-state index contributed by atoms with van der Waals surface area (Å²) in [7, 11) is 3.25. The zero-order chi connectivity index (χ0) is 18.3. The third-order valence-corrected chi connectivity index (χ3v) is 4.69. The van der Waals surface area contributed by atoms with Crippen LogP contribution in [0.25, 0.3) is 0 Å². The lowest BCUT2D eigenvalue weighted by Gasteiger charge is -2.32. The fourth-order valence-corrected chi connectivity index (χ4v) is 3.44. The maximum atomic E-state index is 12.3. The van der Waals surface area contributed by atoms with Gasteiger partial charge in [-0.3, -0.25) is 14.8 Å². The number of nitrogens with zero attached hydrogens (tertiary/aromatic N) is 4. The molecule has 2 fully saturated rings. The maximum Gasteiger partial charge on any atom is 0.401 e. The number of aliphatic imine (C=N–C) groups is 1. The van der Waals surface area contributed by atoms with E-state index in [4.69, 9.17) is 4.74 Å². The van der Waals surface area contributed by atoms with Crippen LogP contribution in [-0.4, -0.2) is 106 Å². The normalized spacial score (nSPS) is 23.5. The average molecular weight is 365 g/mol. The predicted molar refractivity (Wildman–Crippen MR) is 91.9 cm³/mol. The van der Waals surface area contributed by atoms with Crippen molar-refractivity contribution in [2.24, 2.45) is 4.99 Å². The molecule has 2 aliphatic rings. The van der Waals surface area contributed by atoms with Crippen LogP contribution in [0.2, 0.25) is 0 Å². The Balaban J connectivity index is 1.67. The standard InChI is InChI=1S/C16H30F3N5O/c1-20-15(21-5-3-6-22(2)13-16(17,18)19)24-7-4-14(12-24)23-8-10-25-11-9-23/h14H,3-13H2,1-2H3,(H,20,21). The van der Waals surface area contributed by atoms with Crippen LogP contribution in [-0.2, 0) is 4.74 Å². The van der Waals surface area contributed by atoms with E-state index in [1.807, 2.05) is 0 Å². The van der Waals surface area contributed by atoms with Crippen LogP contribution in [0.1, 0.15) is 12.8 Å². The lowest BCUT2D eigenvalue weighted by Crippen LogP contribution is -2.47. The van der Waals surface area contributed by atoms with E-state index in [2.05, 4.69) is 20.1 Å². The Bertz CT molecular complexity index is 426. The van der Waals surface area contributed by atoms with E-state index in [0.717, 1.165) is 51.8 Å². The number of morpholine rings is 1. The summed E-state index contributed by atoms with van der Waals surface area (Å²) in [5.41, 5.74) is 0. The zero-order valence-electron chi connectivity index (χ0n) is 15.2. The Morgan fingerprint density at radius 1 is 1.28 bits per heavy atom. The molecule has 146 valence electrons. The molecule has 2 rings (SSSR count). The van der Waals surface area contributed by atoms with Crippen LogP contribution >= 0.6 is 0 Å². The molecule has 1 atom stereocenters. The molecule has 0 aromatic rings. The number of halogens is 3. The first-order valence-corrected chi connectivity index (χ1v) is 8.92. The molecule has 0 aromatic heterocycles. The number of ether oxygens (including phenoxy) is 1. The number of alkyl halides is 3. The highest BCUT2D eigenvalue weighted by atomic mass is 19.4. The number of hydrogen-bond acceptors (Lipinski definition) is 4. The summed E-state index contributed by atoms with van der Waals surface area (Å²) in [6, 6.07) is 0.528. The minimum absolute atomic E-state index is 0.403. The lowest BCUT2D eigenvalue weighted by atomic mass is 10.2. The molecule has 0 amide bonds. The van der Waals surface area contributed by atoms with Gasteiger partial charge in [0.15, 0.2) is 5.96 Å². The molecule has 0 bridgehead atoms. The number of rotatable bonds is 6. The van der Waals surface area contributed by atoms with Gasteiger partial charge in [0.05, 0.1) is 19.8 Å². The monoisotopic (exact) mass is 365 g/mol. The molecule has 2 heterocycles. The molecule has 0 aromatic carbocycles. The van der Waals surface area contributed by atoms with Crippen LogP contribution in [0.4, 0.5) is 13.2 Å². The number of guanidine groups is 1. The molecule has 25 heavy (non-hydrogen) atoms. The van der Waals surface area contributed by atoms with E-state index in [1.165, 1.54) is 11.9 Å². The van der Waals surface area contributed by atoms with Gasteiger partial charge in [-0.1, -0.05) is 0 Å². The summed E-state index contributed by atoms with van der Waals surface area (Å²) in [4.78, 5) is 10.3. The van der Waals surface area contributed by atoms with Gasteiger partial charge in [-0.25, -0.2) is 0 Å². The molecular formula is C16H30F3N5O. The van der Waals surface area contributed by atoms with Crippen LogP contribution in [0.3, 0.4) is 0 Å². The minimum Gasteiger partial charge on any atom is -0.379 e. The van der Waals surface area contributed by atoms with E-state index in [0.29, 0.717) is 25.6 Å².